The summed E-state index contributed by atoms with van der Waals surface area (Å²) in [5.74, 6) is 1.68. The van der Waals surface area contributed by atoms with Crippen LogP contribution in [0.1, 0.15) is 11.4 Å². The monoisotopic (exact) mass is 370 g/mol. The van der Waals surface area contributed by atoms with Crippen LogP contribution >= 0.6 is 0 Å². The molecule has 3 heterocycles. The molecular weight excluding hydrogens is 348 g/mol. The Hall–Kier alpha value is -2.87. The number of benzene rings is 1. The lowest BCUT2D eigenvalue weighted by Crippen LogP contribution is -2.43. The Morgan fingerprint density at radius 2 is 2.00 bits per heavy atom. The molecule has 1 atom stereocenters. The number of nitrogens with zero attached hydrogens (tertiary/aromatic N) is 3. The lowest BCUT2D eigenvalue weighted by atomic mass is 10.2. The predicted octanol–water partition coefficient (Wildman–Crippen LogP) is 1.08. The third kappa shape index (κ3) is 4.11. The SMILES string of the molecule is Cc1cc(CNC(=O)C2COc3ccccc3O2)nc(N2CCOCC2)n1. The van der Waals surface area contributed by atoms with Crippen LogP contribution in [0.15, 0.2) is 30.3 Å². The summed E-state index contributed by atoms with van der Waals surface area (Å²) in [6.45, 7) is 5.29. The van der Waals surface area contributed by atoms with Crippen LogP contribution in [-0.4, -0.2) is 54.9 Å². The maximum absolute atomic E-state index is 12.5. The topological polar surface area (TPSA) is 85.8 Å². The number of hydrogen-bond acceptors (Lipinski definition) is 7. The fourth-order valence-electron chi connectivity index (χ4n) is 3.05. The maximum Gasteiger partial charge on any atom is 0.265 e. The number of aryl methyl sites for hydroxylation is 1. The van der Waals surface area contributed by atoms with Gasteiger partial charge in [0, 0.05) is 18.8 Å². The highest BCUT2D eigenvalue weighted by Gasteiger charge is 2.27. The van der Waals surface area contributed by atoms with Crippen molar-refractivity contribution in [2.24, 2.45) is 0 Å². The first-order chi connectivity index (χ1) is 13.2. The standard InChI is InChI=1S/C19H22N4O4/c1-13-10-14(22-19(21-13)23-6-8-25-9-7-23)11-20-18(24)17-12-26-15-4-2-3-5-16(15)27-17/h2-5,10,17H,6-9,11-12H2,1H3,(H,20,24). The van der Waals surface area contributed by atoms with Crippen LogP contribution in [0.5, 0.6) is 11.5 Å². The Kier molecular flexibility index (Phi) is 5.06. The van der Waals surface area contributed by atoms with Gasteiger partial charge in [-0.3, -0.25) is 4.79 Å². The molecule has 8 heteroatoms. The molecular formula is C19H22N4O4. The number of anilines is 1. The lowest BCUT2D eigenvalue weighted by Gasteiger charge is -2.27. The molecule has 27 heavy (non-hydrogen) atoms. The van der Waals surface area contributed by atoms with Gasteiger partial charge in [-0.15, -0.1) is 0 Å². The molecule has 1 fully saturated rings. The van der Waals surface area contributed by atoms with Crippen LogP contribution in [0.2, 0.25) is 0 Å². The number of nitrogens with one attached hydrogen (secondary N) is 1. The Morgan fingerprint density at radius 1 is 1.22 bits per heavy atom. The molecule has 1 N–H and O–H groups in total. The summed E-state index contributed by atoms with van der Waals surface area (Å²) in [7, 11) is 0. The van der Waals surface area contributed by atoms with E-state index in [1.165, 1.54) is 0 Å². The number of amides is 1. The fraction of sp³-hybridized carbons (Fsp3) is 0.421. The number of ether oxygens (including phenoxy) is 3. The van der Waals surface area contributed by atoms with Crippen molar-refractivity contribution < 1.29 is 19.0 Å². The molecule has 0 saturated carbocycles. The number of hydrogen-bond donors (Lipinski definition) is 1. The minimum atomic E-state index is -0.679. The van der Waals surface area contributed by atoms with E-state index in [4.69, 9.17) is 14.2 Å². The second-order valence-corrected chi connectivity index (χ2v) is 6.48. The highest BCUT2D eigenvalue weighted by molar-refractivity contribution is 5.81. The molecule has 2 aromatic rings. The maximum atomic E-state index is 12.5. The zero-order valence-corrected chi connectivity index (χ0v) is 15.2. The largest absolute Gasteiger partial charge is 0.485 e. The van der Waals surface area contributed by atoms with Gasteiger partial charge in [-0.1, -0.05) is 12.1 Å². The van der Waals surface area contributed by atoms with E-state index in [1.54, 1.807) is 6.07 Å². The molecule has 0 radical (unpaired) electrons. The molecule has 8 nitrogen and oxygen atoms in total. The number of aromatic nitrogens is 2. The van der Waals surface area contributed by atoms with Crippen LogP contribution in [0.25, 0.3) is 0 Å². The number of rotatable bonds is 4. The van der Waals surface area contributed by atoms with E-state index in [2.05, 4.69) is 20.2 Å². The summed E-state index contributed by atoms with van der Waals surface area (Å²) in [5, 5.41) is 2.88. The van der Waals surface area contributed by atoms with Gasteiger partial charge in [0.25, 0.3) is 5.91 Å². The van der Waals surface area contributed by atoms with Crippen molar-refractivity contribution in [3.05, 3.63) is 41.7 Å². The first-order valence-electron chi connectivity index (χ1n) is 9.02. The average molecular weight is 370 g/mol. The summed E-state index contributed by atoms with van der Waals surface area (Å²) in [5.41, 5.74) is 1.62. The van der Waals surface area contributed by atoms with E-state index >= 15 is 0 Å². The van der Waals surface area contributed by atoms with Crippen LogP contribution in [0, 0.1) is 6.92 Å². The minimum Gasteiger partial charge on any atom is -0.485 e. The van der Waals surface area contributed by atoms with Gasteiger partial charge in [-0.25, -0.2) is 9.97 Å². The zero-order valence-electron chi connectivity index (χ0n) is 15.2. The summed E-state index contributed by atoms with van der Waals surface area (Å²) in [6, 6.07) is 9.20. The highest BCUT2D eigenvalue weighted by Crippen LogP contribution is 2.30. The molecule has 1 aromatic carbocycles. The molecule has 4 rings (SSSR count). The van der Waals surface area contributed by atoms with E-state index in [9.17, 15) is 4.79 Å². The number of carbonyl (C=O) groups excluding carboxylic acids is 1. The van der Waals surface area contributed by atoms with Gasteiger partial charge in [0.15, 0.2) is 11.5 Å². The molecule has 1 unspecified atom stereocenters. The number of morpholine rings is 1. The molecule has 0 bridgehead atoms. The third-order valence-electron chi connectivity index (χ3n) is 4.43. The molecule has 0 aliphatic carbocycles. The highest BCUT2D eigenvalue weighted by atomic mass is 16.6. The minimum absolute atomic E-state index is 0.185. The Morgan fingerprint density at radius 3 is 2.81 bits per heavy atom. The van der Waals surface area contributed by atoms with Crippen molar-refractivity contribution in [3.8, 4) is 11.5 Å². The molecule has 1 aromatic heterocycles. The summed E-state index contributed by atoms with van der Waals surface area (Å²) >= 11 is 0. The van der Waals surface area contributed by atoms with Crippen molar-refractivity contribution in [3.63, 3.8) is 0 Å². The Balaban J connectivity index is 1.38. The third-order valence-corrected chi connectivity index (χ3v) is 4.43. The van der Waals surface area contributed by atoms with Gasteiger partial charge in [-0.2, -0.15) is 0 Å². The van der Waals surface area contributed by atoms with Crippen molar-refractivity contribution in [1.82, 2.24) is 15.3 Å². The number of fused-ring (bicyclic) bond motifs is 1. The van der Waals surface area contributed by atoms with Gasteiger partial charge in [0.2, 0.25) is 12.1 Å². The average Bonchev–Trinajstić information content (AvgIpc) is 2.72. The first-order valence-corrected chi connectivity index (χ1v) is 9.02. The van der Waals surface area contributed by atoms with E-state index in [1.807, 2.05) is 31.2 Å². The molecule has 0 spiro atoms. The second-order valence-electron chi connectivity index (χ2n) is 6.48. The van der Waals surface area contributed by atoms with E-state index < -0.39 is 6.10 Å². The Bertz CT molecular complexity index is 823. The smallest absolute Gasteiger partial charge is 0.265 e. The van der Waals surface area contributed by atoms with Gasteiger partial charge < -0.3 is 24.4 Å². The number of para-hydroxylation sites is 2. The Labute approximate surface area is 157 Å². The van der Waals surface area contributed by atoms with Crippen molar-refractivity contribution in [2.45, 2.75) is 19.6 Å². The fourth-order valence-corrected chi connectivity index (χ4v) is 3.05. The van der Waals surface area contributed by atoms with Gasteiger partial charge >= 0.3 is 0 Å². The van der Waals surface area contributed by atoms with Crippen molar-refractivity contribution in [1.29, 1.82) is 0 Å². The lowest BCUT2D eigenvalue weighted by molar-refractivity contribution is -0.130. The van der Waals surface area contributed by atoms with Crippen molar-refractivity contribution >= 4 is 11.9 Å². The van der Waals surface area contributed by atoms with Gasteiger partial charge in [0.1, 0.15) is 6.61 Å². The second kappa shape index (κ2) is 7.79. The zero-order chi connectivity index (χ0) is 18.6. The van der Waals surface area contributed by atoms with Crippen LogP contribution in [-0.2, 0) is 16.1 Å². The molecule has 1 saturated heterocycles. The number of carbonyl (C=O) groups is 1. The van der Waals surface area contributed by atoms with Gasteiger partial charge in [0.05, 0.1) is 25.5 Å². The van der Waals surface area contributed by atoms with E-state index in [0.29, 0.717) is 37.2 Å². The first kappa shape index (κ1) is 17.5. The molecule has 1 amide bonds. The summed E-state index contributed by atoms with van der Waals surface area (Å²) < 4.78 is 16.7. The normalized spacial score (nSPS) is 18.9. The molecule has 142 valence electrons. The quantitative estimate of drug-likeness (QED) is 0.862. The molecule has 2 aliphatic heterocycles. The van der Waals surface area contributed by atoms with E-state index in [-0.39, 0.29) is 12.5 Å². The van der Waals surface area contributed by atoms with Gasteiger partial charge in [-0.05, 0) is 25.1 Å². The van der Waals surface area contributed by atoms with E-state index in [0.717, 1.165) is 24.5 Å². The molecule has 2 aliphatic rings. The van der Waals surface area contributed by atoms with Crippen LogP contribution in [0.3, 0.4) is 0 Å². The summed E-state index contributed by atoms with van der Waals surface area (Å²) in [6.07, 6.45) is -0.679. The van der Waals surface area contributed by atoms with Crippen LogP contribution in [0.4, 0.5) is 5.95 Å². The predicted molar refractivity (Wildman–Crippen MR) is 98.0 cm³/mol. The van der Waals surface area contributed by atoms with Crippen LogP contribution < -0.4 is 19.7 Å². The summed E-state index contributed by atoms with van der Waals surface area (Å²) in [4.78, 5) is 23.6. The van der Waals surface area contributed by atoms with Crippen molar-refractivity contribution in [2.75, 3.05) is 37.8 Å².